The minimum Gasteiger partial charge on any atom is -0.494 e. The summed E-state index contributed by atoms with van der Waals surface area (Å²) in [4.78, 5) is 0. The van der Waals surface area contributed by atoms with E-state index in [4.69, 9.17) is 9.47 Å². The second kappa shape index (κ2) is 10.7. The predicted octanol–water partition coefficient (Wildman–Crippen LogP) is 7.20. The molecule has 2 nitrogen and oxygen atoms in total. The second-order valence-corrected chi connectivity index (χ2v) is 8.22. The van der Waals surface area contributed by atoms with E-state index in [0.29, 0.717) is 23.8 Å². The van der Waals surface area contributed by atoms with Gasteiger partial charge in [-0.15, -0.1) is 0 Å². The van der Waals surface area contributed by atoms with E-state index in [-0.39, 0.29) is 17.5 Å². The van der Waals surface area contributed by atoms with Crippen LogP contribution < -0.4 is 9.47 Å². The lowest BCUT2D eigenvalue weighted by Gasteiger charge is -2.29. The first kappa shape index (κ1) is 22.5. The molecular weight excluding hydrogens is 389 g/mol. The van der Waals surface area contributed by atoms with Crippen molar-refractivity contribution in [2.45, 2.75) is 64.2 Å². The molecule has 1 saturated carbocycles. The van der Waals surface area contributed by atoms with Crippen LogP contribution in [0.25, 0.3) is 0 Å². The average Bonchev–Trinajstić information content (AvgIpc) is 2.76. The molecule has 0 atom stereocenters. The summed E-state index contributed by atoms with van der Waals surface area (Å²) in [5, 5.41) is 0. The molecule has 1 aliphatic rings. The third-order valence-electron chi connectivity index (χ3n) is 6.14. The Labute approximate surface area is 177 Å². The third-order valence-corrected chi connectivity index (χ3v) is 6.14. The van der Waals surface area contributed by atoms with Crippen molar-refractivity contribution in [3.8, 4) is 11.5 Å². The zero-order valence-electron chi connectivity index (χ0n) is 17.9. The van der Waals surface area contributed by atoms with Crippen LogP contribution in [-0.2, 0) is 6.42 Å². The Bertz CT molecular complexity index is 829. The van der Waals surface area contributed by atoms with Gasteiger partial charge in [-0.1, -0.05) is 31.9 Å². The minimum absolute atomic E-state index is 0.00139. The van der Waals surface area contributed by atoms with E-state index in [1.807, 2.05) is 12.1 Å². The number of hydrogen-bond acceptors (Lipinski definition) is 2. The fraction of sp³-hybridized carbons (Fsp3) is 0.520. The molecule has 5 heteroatoms. The molecule has 2 aromatic carbocycles. The molecule has 0 saturated heterocycles. The monoisotopic (exact) mass is 420 g/mol. The Balaban J connectivity index is 1.49. The van der Waals surface area contributed by atoms with Gasteiger partial charge in [0.1, 0.15) is 11.6 Å². The molecule has 3 rings (SSSR count). The van der Waals surface area contributed by atoms with E-state index in [1.54, 1.807) is 6.07 Å². The van der Waals surface area contributed by atoms with E-state index >= 15 is 0 Å². The molecule has 0 N–H and O–H groups in total. The van der Waals surface area contributed by atoms with Crippen LogP contribution in [0, 0.1) is 23.4 Å². The highest BCUT2D eigenvalue weighted by molar-refractivity contribution is 5.33. The molecule has 0 spiro atoms. The number of rotatable bonds is 9. The molecule has 0 heterocycles. The van der Waals surface area contributed by atoms with Crippen LogP contribution in [0.2, 0.25) is 0 Å². The maximum atomic E-state index is 14.4. The first-order valence-corrected chi connectivity index (χ1v) is 11.0. The summed E-state index contributed by atoms with van der Waals surface area (Å²) in [6.07, 6.45) is 7.27. The highest BCUT2D eigenvalue weighted by atomic mass is 19.2. The van der Waals surface area contributed by atoms with Crippen molar-refractivity contribution in [3.63, 3.8) is 0 Å². The molecule has 0 unspecified atom stereocenters. The van der Waals surface area contributed by atoms with Crippen molar-refractivity contribution in [3.05, 3.63) is 58.9 Å². The lowest BCUT2D eigenvalue weighted by Crippen LogP contribution is -2.20. The van der Waals surface area contributed by atoms with Crippen LogP contribution in [0.3, 0.4) is 0 Å². The molecule has 0 radical (unpaired) electrons. The fourth-order valence-corrected chi connectivity index (χ4v) is 4.26. The van der Waals surface area contributed by atoms with E-state index in [2.05, 4.69) is 6.92 Å². The Hall–Kier alpha value is -2.17. The van der Waals surface area contributed by atoms with Crippen molar-refractivity contribution >= 4 is 0 Å². The largest absolute Gasteiger partial charge is 0.494 e. The summed E-state index contributed by atoms with van der Waals surface area (Å²) in [7, 11) is 1.33. The summed E-state index contributed by atoms with van der Waals surface area (Å²) in [5.74, 6) is -1.10. The normalized spacial score (nSPS) is 19.0. The van der Waals surface area contributed by atoms with E-state index in [0.717, 1.165) is 56.9 Å². The molecule has 30 heavy (non-hydrogen) atoms. The van der Waals surface area contributed by atoms with Gasteiger partial charge < -0.3 is 9.47 Å². The molecule has 1 aliphatic carbocycles. The SMILES string of the molecule is CCCCCc1ccc(OCC2CCC(c3ccc(OC)c(F)c3F)CC2)cc1F. The van der Waals surface area contributed by atoms with Gasteiger partial charge in [-0.05, 0) is 73.6 Å². The van der Waals surface area contributed by atoms with Crippen molar-refractivity contribution in [2.24, 2.45) is 5.92 Å². The van der Waals surface area contributed by atoms with E-state index < -0.39 is 11.6 Å². The predicted molar refractivity (Wildman–Crippen MR) is 113 cm³/mol. The van der Waals surface area contributed by atoms with Gasteiger partial charge in [-0.25, -0.2) is 8.78 Å². The summed E-state index contributed by atoms with van der Waals surface area (Å²) in [5.41, 5.74) is 1.17. The number of methoxy groups -OCH3 is 1. The molecular formula is C25H31F3O2. The standard InChI is InChI=1S/C25H31F3O2/c1-3-4-5-6-19-11-12-20(15-22(19)26)30-16-17-7-9-18(10-8-17)21-13-14-23(29-2)25(28)24(21)27/h11-15,17-18H,3-10,16H2,1-2H3. The van der Waals surface area contributed by atoms with Crippen molar-refractivity contribution in [1.82, 2.24) is 0 Å². The van der Waals surface area contributed by atoms with Crippen molar-refractivity contribution in [1.29, 1.82) is 0 Å². The van der Waals surface area contributed by atoms with Gasteiger partial charge in [-0.3, -0.25) is 0 Å². The minimum atomic E-state index is -0.916. The topological polar surface area (TPSA) is 18.5 Å². The van der Waals surface area contributed by atoms with Gasteiger partial charge in [0.2, 0.25) is 5.82 Å². The first-order chi connectivity index (χ1) is 14.5. The van der Waals surface area contributed by atoms with Gasteiger partial charge in [0, 0.05) is 6.07 Å². The van der Waals surface area contributed by atoms with E-state index in [9.17, 15) is 13.2 Å². The van der Waals surface area contributed by atoms with Crippen LogP contribution in [0.1, 0.15) is 68.9 Å². The smallest absolute Gasteiger partial charge is 0.200 e. The Kier molecular flexibility index (Phi) is 8.06. The van der Waals surface area contributed by atoms with Gasteiger partial charge in [0.05, 0.1) is 13.7 Å². The first-order valence-electron chi connectivity index (χ1n) is 11.0. The molecule has 0 aliphatic heterocycles. The lowest BCUT2D eigenvalue weighted by atomic mass is 9.79. The van der Waals surface area contributed by atoms with Crippen LogP contribution in [-0.4, -0.2) is 13.7 Å². The van der Waals surface area contributed by atoms with Gasteiger partial charge in [0.15, 0.2) is 11.6 Å². The quantitative estimate of drug-likeness (QED) is 0.399. The van der Waals surface area contributed by atoms with Crippen molar-refractivity contribution in [2.75, 3.05) is 13.7 Å². The molecule has 1 fully saturated rings. The van der Waals surface area contributed by atoms with Gasteiger partial charge in [-0.2, -0.15) is 4.39 Å². The highest BCUT2D eigenvalue weighted by Gasteiger charge is 2.27. The third kappa shape index (κ3) is 5.50. The molecule has 0 bridgehead atoms. The number of unbranched alkanes of at least 4 members (excludes halogenated alkanes) is 2. The molecule has 0 amide bonds. The zero-order valence-corrected chi connectivity index (χ0v) is 17.9. The highest BCUT2D eigenvalue weighted by Crippen LogP contribution is 2.38. The van der Waals surface area contributed by atoms with Gasteiger partial charge >= 0.3 is 0 Å². The molecule has 164 valence electrons. The van der Waals surface area contributed by atoms with Crippen LogP contribution >= 0.6 is 0 Å². The van der Waals surface area contributed by atoms with Crippen LogP contribution in [0.15, 0.2) is 30.3 Å². The zero-order chi connectivity index (χ0) is 21.5. The summed E-state index contributed by atoms with van der Waals surface area (Å²) in [6, 6.07) is 8.25. The fourth-order valence-electron chi connectivity index (χ4n) is 4.26. The number of halogens is 3. The molecule has 0 aromatic heterocycles. The maximum Gasteiger partial charge on any atom is 0.200 e. The average molecular weight is 421 g/mol. The van der Waals surface area contributed by atoms with E-state index in [1.165, 1.54) is 19.2 Å². The Morgan fingerprint density at radius 1 is 0.933 bits per heavy atom. The lowest BCUT2D eigenvalue weighted by molar-refractivity contribution is 0.198. The maximum absolute atomic E-state index is 14.4. The molecule has 2 aromatic rings. The summed E-state index contributed by atoms with van der Waals surface area (Å²) >= 11 is 0. The Morgan fingerprint density at radius 2 is 1.70 bits per heavy atom. The summed E-state index contributed by atoms with van der Waals surface area (Å²) in [6.45, 7) is 2.65. The van der Waals surface area contributed by atoms with Crippen LogP contribution in [0.4, 0.5) is 13.2 Å². The van der Waals surface area contributed by atoms with Crippen molar-refractivity contribution < 1.29 is 22.6 Å². The second-order valence-electron chi connectivity index (χ2n) is 8.22. The number of hydrogen-bond donors (Lipinski definition) is 0. The summed E-state index contributed by atoms with van der Waals surface area (Å²) < 4.78 is 53.3. The number of benzene rings is 2. The van der Waals surface area contributed by atoms with Gasteiger partial charge in [0.25, 0.3) is 0 Å². The number of ether oxygens (including phenoxy) is 2. The van der Waals surface area contributed by atoms with Crippen LogP contribution in [0.5, 0.6) is 11.5 Å². The number of aryl methyl sites for hydroxylation is 1. The Morgan fingerprint density at radius 3 is 2.37 bits per heavy atom.